The highest BCUT2D eigenvalue weighted by molar-refractivity contribution is 5.97. The van der Waals surface area contributed by atoms with Gasteiger partial charge >= 0.3 is 0 Å². The number of aryl methyl sites for hydroxylation is 1. The summed E-state index contributed by atoms with van der Waals surface area (Å²) in [6.45, 7) is 1.11. The van der Waals surface area contributed by atoms with E-state index < -0.39 is 36.6 Å². The first kappa shape index (κ1) is 21.5. The van der Waals surface area contributed by atoms with Crippen LogP contribution in [0.2, 0.25) is 0 Å². The number of likely N-dealkylation sites (tertiary alicyclic amines) is 1. The molecule has 32 heavy (non-hydrogen) atoms. The van der Waals surface area contributed by atoms with Crippen molar-refractivity contribution in [2.75, 3.05) is 18.4 Å². The van der Waals surface area contributed by atoms with Crippen LogP contribution in [0, 0.1) is 12.8 Å². The Morgan fingerprint density at radius 2 is 1.78 bits per heavy atom. The maximum Gasteiger partial charge on any atom is 0.266 e. The second-order valence-electron chi connectivity index (χ2n) is 8.01. The van der Waals surface area contributed by atoms with E-state index in [2.05, 4.69) is 15.3 Å². The first-order chi connectivity index (χ1) is 15.3. The van der Waals surface area contributed by atoms with Gasteiger partial charge in [0.15, 0.2) is 0 Å². The lowest BCUT2D eigenvalue weighted by Gasteiger charge is -2.37. The van der Waals surface area contributed by atoms with Gasteiger partial charge in [0.2, 0.25) is 5.91 Å². The molecule has 2 amide bonds. The summed E-state index contributed by atoms with van der Waals surface area (Å²) in [5.41, 5.74) is 3.23. The third kappa shape index (κ3) is 4.96. The number of rotatable bonds is 4. The first-order valence-electron chi connectivity index (χ1n) is 10.2. The number of hydrogen-bond acceptors (Lipinski definition) is 4. The number of alkyl halides is 2. The summed E-state index contributed by atoms with van der Waals surface area (Å²) in [4.78, 5) is 34.7. The zero-order chi connectivity index (χ0) is 22.7. The molecule has 0 aliphatic carbocycles. The van der Waals surface area contributed by atoms with Gasteiger partial charge in [0.1, 0.15) is 6.33 Å². The maximum atomic E-state index is 14.5. The molecular formula is C24H22F2N4O2. The molecular weight excluding hydrogens is 414 g/mol. The Kier molecular flexibility index (Phi) is 5.94. The van der Waals surface area contributed by atoms with Gasteiger partial charge in [0.25, 0.3) is 11.8 Å². The fourth-order valence-electron chi connectivity index (χ4n) is 3.77. The molecule has 3 aromatic rings. The van der Waals surface area contributed by atoms with Crippen LogP contribution in [0.1, 0.15) is 22.3 Å². The Morgan fingerprint density at radius 1 is 1.06 bits per heavy atom. The molecule has 2 aromatic carbocycles. The van der Waals surface area contributed by atoms with E-state index in [4.69, 9.17) is 0 Å². The number of hydrogen-bond donors (Lipinski definition) is 1. The van der Waals surface area contributed by atoms with E-state index in [1.165, 1.54) is 6.33 Å². The summed E-state index contributed by atoms with van der Waals surface area (Å²) < 4.78 is 29.0. The summed E-state index contributed by atoms with van der Waals surface area (Å²) in [5.74, 6) is -5.25. The van der Waals surface area contributed by atoms with Crippen molar-refractivity contribution in [2.45, 2.75) is 19.3 Å². The number of aromatic nitrogens is 2. The summed E-state index contributed by atoms with van der Waals surface area (Å²) in [6, 6.07) is 13.7. The van der Waals surface area contributed by atoms with Crippen LogP contribution in [-0.4, -0.2) is 45.7 Å². The monoisotopic (exact) mass is 436 g/mol. The van der Waals surface area contributed by atoms with Gasteiger partial charge in [-0.1, -0.05) is 29.8 Å². The molecule has 6 nitrogen and oxygen atoms in total. The Bertz CT molecular complexity index is 1120. The van der Waals surface area contributed by atoms with Crippen molar-refractivity contribution >= 4 is 17.5 Å². The van der Waals surface area contributed by atoms with E-state index in [9.17, 15) is 18.4 Å². The van der Waals surface area contributed by atoms with Crippen LogP contribution in [0.25, 0.3) is 11.1 Å². The first-order valence-corrected chi connectivity index (χ1v) is 10.2. The number of nitrogens with one attached hydrogen (secondary N) is 1. The van der Waals surface area contributed by atoms with Gasteiger partial charge in [-0.3, -0.25) is 9.59 Å². The summed E-state index contributed by atoms with van der Waals surface area (Å²) in [5, 5.41) is 2.68. The van der Waals surface area contributed by atoms with Gasteiger partial charge in [0.05, 0.1) is 12.5 Å². The number of amides is 2. The molecule has 1 unspecified atom stereocenters. The van der Waals surface area contributed by atoms with Crippen LogP contribution < -0.4 is 5.32 Å². The third-order valence-corrected chi connectivity index (χ3v) is 5.39. The van der Waals surface area contributed by atoms with Crippen molar-refractivity contribution in [1.82, 2.24) is 14.9 Å². The van der Waals surface area contributed by atoms with E-state index in [1.807, 2.05) is 19.1 Å². The van der Waals surface area contributed by atoms with Gasteiger partial charge in [-0.2, -0.15) is 0 Å². The minimum absolute atomic E-state index is 0.0786. The summed E-state index contributed by atoms with van der Waals surface area (Å²) in [6.07, 6.45) is 4.01. The summed E-state index contributed by atoms with van der Waals surface area (Å²) >= 11 is 0. The minimum Gasteiger partial charge on any atom is -0.332 e. The zero-order valence-electron chi connectivity index (χ0n) is 17.5. The van der Waals surface area contributed by atoms with E-state index in [-0.39, 0.29) is 12.1 Å². The van der Waals surface area contributed by atoms with Gasteiger partial charge < -0.3 is 10.2 Å². The predicted molar refractivity (Wildman–Crippen MR) is 116 cm³/mol. The SMILES string of the molecule is Cc1ccc(NC(=O)C2CN(C(=O)c3cccc(-c4cncnc4)c3)CC(F)(F)C2)cc1. The highest BCUT2D eigenvalue weighted by Gasteiger charge is 2.44. The van der Waals surface area contributed by atoms with Gasteiger partial charge in [-0.15, -0.1) is 0 Å². The van der Waals surface area contributed by atoms with E-state index >= 15 is 0 Å². The van der Waals surface area contributed by atoms with E-state index in [1.54, 1.807) is 48.8 Å². The maximum absolute atomic E-state index is 14.5. The Balaban J connectivity index is 1.52. The number of anilines is 1. The molecule has 1 saturated heterocycles. The average molecular weight is 436 g/mol. The largest absolute Gasteiger partial charge is 0.332 e. The molecule has 1 N–H and O–H groups in total. The average Bonchev–Trinajstić information content (AvgIpc) is 2.79. The van der Waals surface area contributed by atoms with Crippen LogP contribution in [0.5, 0.6) is 0 Å². The molecule has 1 aliphatic heterocycles. The number of carbonyl (C=O) groups excluding carboxylic acids is 2. The lowest BCUT2D eigenvalue weighted by molar-refractivity contribution is -0.130. The quantitative estimate of drug-likeness (QED) is 0.666. The molecule has 1 aromatic heterocycles. The second kappa shape index (κ2) is 8.82. The van der Waals surface area contributed by atoms with Crippen molar-refractivity contribution in [3.8, 4) is 11.1 Å². The van der Waals surface area contributed by atoms with Gasteiger partial charge in [-0.05, 0) is 36.8 Å². The van der Waals surface area contributed by atoms with Crippen molar-refractivity contribution < 1.29 is 18.4 Å². The fourth-order valence-corrected chi connectivity index (χ4v) is 3.77. The number of nitrogens with zero attached hydrogens (tertiary/aromatic N) is 3. The molecule has 0 radical (unpaired) electrons. The van der Waals surface area contributed by atoms with Crippen LogP contribution in [0.3, 0.4) is 0 Å². The smallest absolute Gasteiger partial charge is 0.266 e. The standard InChI is InChI=1S/C24H22F2N4O2/c1-16-5-7-21(8-6-16)29-22(31)19-10-24(25,26)14-30(13-19)23(32)18-4-2-3-17(9-18)20-11-27-15-28-12-20/h2-9,11-12,15,19H,10,13-14H2,1H3,(H,29,31). The molecule has 0 saturated carbocycles. The Labute approximate surface area is 184 Å². The van der Waals surface area contributed by atoms with Crippen molar-refractivity contribution in [3.05, 3.63) is 78.4 Å². The normalized spacial score (nSPS) is 17.6. The van der Waals surface area contributed by atoms with Crippen LogP contribution >= 0.6 is 0 Å². The molecule has 1 atom stereocenters. The second-order valence-corrected chi connectivity index (χ2v) is 8.01. The topological polar surface area (TPSA) is 75.2 Å². The molecule has 1 aliphatic rings. The number of carbonyl (C=O) groups is 2. The summed E-state index contributed by atoms with van der Waals surface area (Å²) in [7, 11) is 0. The number of benzene rings is 2. The van der Waals surface area contributed by atoms with Crippen molar-refractivity contribution in [3.63, 3.8) is 0 Å². The highest BCUT2D eigenvalue weighted by atomic mass is 19.3. The lowest BCUT2D eigenvalue weighted by atomic mass is 9.93. The van der Waals surface area contributed by atoms with E-state index in [0.717, 1.165) is 10.5 Å². The molecule has 2 heterocycles. The lowest BCUT2D eigenvalue weighted by Crippen LogP contribution is -2.52. The van der Waals surface area contributed by atoms with Crippen molar-refractivity contribution in [2.24, 2.45) is 5.92 Å². The zero-order valence-corrected chi connectivity index (χ0v) is 17.5. The molecule has 1 fully saturated rings. The van der Waals surface area contributed by atoms with Gasteiger partial charge in [-0.25, -0.2) is 18.7 Å². The predicted octanol–water partition coefficient (Wildman–Crippen LogP) is 4.19. The molecule has 0 bridgehead atoms. The third-order valence-electron chi connectivity index (χ3n) is 5.39. The molecule has 164 valence electrons. The minimum atomic E-state index is -3.16. The molecule has 8 heteroatoms. The molecule has 0 spiro atoms. The number of piperidine rings is 1. The van der Waals surface area contributed by atoms with Crippen molar-refractivity contribution in [1.29, 1.82) is 0 Å². The Hall–Kier alpha value is -3.68. The van der Waals surface area contributed by atoms with Crippen LogP contribution in [0.4, 0.5) is 14.5 Å². The Morgan fingerprint density at radius 3 is 2.50 bits per heavy atom. The fraction of sp³-hybridized carbons (Fsp3) is 0.250. The highest BCUT2D eigenvalue weighted by Crippen LogP contribution is 2.32. The van der Waals surface area contributed by atoms with E-state index in [0.29, 0.717) is 16.8 Å². The molecule has 4 rings (SSSR count). The van der Waals surface area contributed by atoms with Crippen LogP contribution in [-0.2, 0) is 4.79 Å². The number of halogens is 2. The van der Waals surface area contributed by atoms with Gasteiger partial charge in [0, 0.05) is 42.2 Å². The van der Waals surface area contributed by atoms with Crippen LogP contribution in [0.15, 0.2) is 67.3 Å².